The van der Waals surface area contributed by atoms with Gasteiger partial charge in [-0.15, -0.1) is 0 Å². The minimum absolute atomic E-state index is 0.0511. The summed E-state index contributed by atoms with van der Waals surface area (Å²) < 4.78 is 22.1. The van der Waals surface area contributed by atoms with Crippen molar-refractivity contribution in [3.8, 4) is 11.3 Å². The van der Waals surface area contributed by atoms with Crippen molar-refractivity contribution in [2.75, 3.05) is 13.2 Å². The van der Waals surface area contributed by atoms with Gasteiger partial charge in [0, 0.05) is 41.4 Å². The Kier molecular flexibility index (Phi) is 6.46. The highest BCUT2D eigenvalue weighted by Gasteiger charge is 2.32. The van der Waals surface area contributed by atoms with Gasteiger partial charge in [0.15, 0.2) is 5.65 Å². The number of esters is 1. The Morgan fingerprint density at radius 2 is 1.95 bits per heavy atom. The summed E-state index contributed by atoms with van der Waals surface area (Å²) in [5, 5.41) is 4.70. The number of carbonyl (C=O) groups excluding carboxylic acids is 2. The molecule has 1 saturated carbocycles. The molecule has 6 rings (SSSR count). The van der Waals surface area contributed by atoms with Crippen LogP contribution in [0.4, 0.5) is 4.39 Å². The van der Waals surface area contributed by atoms with Gasteiger partial charge in [-0.25, -0.2) is 18.7 Å². The minimum Gasteiger partial charge on any atom is -0.463 e. The lowest BCUT2D eigenvalue weighted by Gasteiger charge is -2.35. The van der Waals surface area contributed by atoms with Crippen molar-refractivity contribution in [1.29, 1.82) is 0 Å². The third-order valence-electron chi connectivity index (χ3n) is 7.52. The molecule has 2 aromatic carbocycles. The molecule has 8 heteroatoms. The van der Waals surface area contributed by atoms with E-state index in [0.717, 1.165) is 25.0 Å². The summed E-state index contributed by atoms with van der Waals surface area (Å²) in [6.45, 7) is 4.65. The molecule has 3 heterocycles. The van der Waals surface area contributed by atoms with Crippen LogP contribution in [-0.4, -0.2) is 44.5 Å². The number of carbonyl (C=O) groups is 2. The standard InChI is InChI=1S/C31H29FN4O3/c1-3-39-29(37)14-13-22-8-6-10-24(30(22)32)25-18-28-33-26(17-27(21-11-12-21)36(28)34-25)31(38)35-16-15-20-7-4-5-9-23(20)19(35)2/h4-10,13-14,17-19,21H,3,11-12,15-16H2,1-2H3/b14-13+/t19-/m1/s1. The van der Waals surface area contributed by atoms with Crippen LogP contribution >= 0.6 is 0 Å². The van der Waals surface area contributed by atoms with Gasteiger partial charge >= 0.3 is 5.97 Å². The summed E-state index contributed by atoms with van der Waals surface area (Å²) in [4.78, 5) is 32.0. The predicted molar refractivity (Wildman–Crippen MR) is 146 cm³/mol. The zero-order valence-electron chi connectivity index (χ0n) is 21.9. The number of hydrogen-bond donors (Lipinski definition) is 0. The maximum absolute atomic E-state index is 15.5. The van der Waals surface area contributed by atoms with Crippen molar-refractivity contribution in [2.45, 2.75) is 45.1 Å². The largest absolute Gasteiger partial charge is 0.463 e. The Hall–Kier alpha value is -4.33. The van der Waals surface area contributed by atoms with Crippen LogP contribution in [0, 0.1) is 5.82 Å². The molecule has 1 aliphatic heterocycles. The lowest BCUT2D eigenvalue weighted by molar-refractivity contribution is -0.137. The van der Waals surface area contributed by atoms with E-state index in [1.807, 2.05) is 23.1 Å². The molecular formula is C31H29FN4O3. The third-order valence-corrected chi connectivity index (χ3v) is 7.52. The quantitative estimate of drug-likeness (QED) is 0.237. The maximum atomic E-state index is 15.5. The van der Waals surface area contributed by atoms with Crippen LogP contribution in [0.1, 0.15) is 71.5 Å². The van der Waals surface area contributed by atoms with Crippen molar-refractivity contribution in [2.24, 2.45) is 0 Å². The summed E-state index contributed by atoms with van der Waals surface area (Å²) in [6.07, 6.45) is 5.44. The fraction of sp³-hybridized carbons (Fsp3) is 0.290. The molecule has 0 spiro atoms. The molecule has 39 heavy (non-hydrogen) atoms. The monoisotopic (exact) mass is 524 g/mol. The molecule has 0 saturated heterocycles. The average molecular weight is 525 g/mol. The highest BCUT2D eigenvalue weighted by atomic mass is 19.1. The summed E-state index contributed by atoms with van der Waals surface area (Å²) in [7, 11) is 0. The Bertz CT molecular complexity index is 1620. The van der Waals surface area contributed by atoms with E-state index in [1.54, 1.807) is 35.7 Å². The lowest BCUT2D eigenvalue weighted by Crippen LogP contribution is -2.39. The van der Waals surface area contributed by atoms with Gasteiger partial charge in [0.1, 0.15) is 11.5 Å². The molecule has 1 atom stereocenters. The molecule has 1 amide bonds. The van der Waals surface area contributed by atoms with Crippen LogP contribution in [-0.2, 0) is 16.0 Å². The van der Waals surface area contributed by atoms with E-state index < -0.39 is 11.8 Å². The van der Waals surface area contributed by atoms with Crippen LogP contribution in [0.3, 0.4) is 0 Å². The first-order valence-electron chi connectivity index (χ1n) is 13.4. The Morgan fingerprint density at radius 3 is 2.74 bits per heavy atom. The molecule has 0 bridgehead atoms. The van der Waals surface area contributed by atoms with E-state index >= 15 is 4.39 Å². The topological polar surface area (TPSA) is 76.8 Å². The molecule has 7 nitrogen and oxygen atoms in total. The summed E-state index contributed by atoms with van der Waals surface area (Å²) in [6, 6.07) is 16.7. The molecule has 0 N–H and O–H groups in total. The number of nitrogens with zero attached hydrogens (tertiary/aromatic N) is 4. The zero-order chi connectivity index (χ0) is 27.1. The van der Waals surface area contributed by atoms with Gasteiger partial charge in [-0.1, -0.05) is 36.4 Å². The van der Waals surface area contributed by atoms with Crippen molar-refractivity contribution in [3.05, 3.63) is 94.6 Å². The Labute approximate surface area is 225 Å². The average Bonchev–Trinajstić information content (AvgIpc) is 3.70. The number of fused-ring (bicyclic) bond motifs is 2. The van der Waals surface area contributed by atoms with Gasteiger partial charge < -0.3 is 9.64 Å². The van der Waals surface area contributed by atoms with Crippen LogP contribution in [0.2, 0.25) is 0 Å². The Morgan fingerprint density at radius 1 is 1.13 bits per heavy atom. The van der Waals surface area contributed by atoms with Crippen molar-refractivity contribution < 1.29 is 18.7 Å². The second-order valence-corrected chi connectivity index (χ2v) is 10.1. The molecule has 2 aromatic heterocycles. The fourth-order valence-corrected chi connectivity index (χ4v) is 5.33. The van der Waals surface area contributed by atoms with Gasteiger partial charge in [-0.3, -0.25) is 4.79 Å². The zero-order valence-corrected chi connectivity index (χ0v) is 21.9. The van der Waals surface area contributed by atoms with Crippen LogP contribution in [0.5, 0.6) is 0 Å². The van der Waals surface area contributed by atoms with Gasteiger partial charge in [-0.2, -0.15) is 5.10 Å². The molecule has 0 radical (unpaired) electrons. The second-order valence-electron chi connectivity index (χ2n) is 10.1. The molecule has 0 unspecified atom stereocenters. The van der Waals surface area contributed by atoms with E-state index in [2.05, 4.69) is 19.1 Å². The first-order valence-corrected chi connectivity index (χ1v) is 13.4. The molecule has 2 aliphatic rings. The number of aromatic nitrogens is 3. The molecule has 4 aromatic rings. The van der Waals surface area contributed by atoms with Crippen LogP contribution in [0.25, 0.3) is 23.0 Å². The molecule has 198 valence electrons. The number of benzene rings is 2. The summed E-state index contributed by atoms with van der Waals surface area (Å²) in [5.41, 5.74) is 5.21. The number of halogens is 1. The van der Waals surface area contributed by atoms with Crippen molar-refractivity contribution in [1.82, 2.24) is 19.5 Å². The number of hydrogen-bond acceptors (Lipinski definition) is 5. The number of ether oxygens (including phenoxy) is 1. The van der Waals surface area contributed by atoms with E-state index in [4.69, 9.17) is 14.8 Å². The SMILES string of the molecule is CCOC(=O)/C=C/c1cccc(-c2cc3nc(C(=O)N4CCc5ccccc5[C@H]4C)cc(C4CC4)n3n2)c1F. The molecule has 1 aliphatic carbocycles. The van der Waals surface area contributed by atoms with E-state index in [0.29, 0.717) is 29.1 Å². The van der Waals surface area contributed by atoms with Gasteiger partial charge in [0.2, 0.25) is 0 Å². The molecule has 1 fully saturated rings. The summed E-state index contributed by atoms with van der Waals surface area (Å²) >= 11 is 0. The summed E-state index contributed by atoms with van der Waals surface area (Å²) in [5.74, 6) is -0.844. The number of amides is 1. The minimum atomic E-state index is -0.531. The smallest absolute Gasteiger partial charge is 0.330 e. The highest BCUT2D eigenvalue weighted by Crippen LogP contribution is 2.41. The lowest BCUT2D eigenvalue weighted by atomic mass is 9.93. The maximum Gasteiger partial charge on any atom is 0.330 e. The van der Waals surface area contributed by atoms with Crippen molar-refractivity contribution in [3.63, 3.8) is 0 Å². The normalized spacial score (nSPS) is 17.0. The predicted octanol–water partition coefficient (Wildman–Crippen LogP) is 5.75. The molecular weight excluding hydrogens is 495 g/mol. The van der Waals surface area contributed by atoms with Gasteiger partial charge in [-0.05, 0) is 62.4 Å². The van der Waals surface area contributed by atoms with E-state index in [-0.39, 0.29) is 30.0 Å². The second kappa shape index (κ2) is 10.1. The first-order chi connectivity index (χ1) is 18.9. The van der Waals surface area contributed by atoms with Crippen LogP contribution in [0.15, 0.2) is 60.7 Å². The highest BCUT2D eigenvalue weighted by molar-refractivity contribution is 5.93. The van der Waals surface area contributed by atoms with E-state index in [1.165, 1.54) is 23.3 Å². The van der Waals surface area contributed by atoms with Gasteiger partial charge in [0.05, 0.1) is 18.3 Å². The van der Waals surface area contributed by atoms with Crippen LogP contribution < -0.4 is 0 Å². The number of rotatable bonds is 6. The Balaban J connectivity index is 1.36. The first kappa shape index (κ1) is 25.0. The van der Waals surface area contributed by atoms with Gasteiger partial charge in [0.25, 0.3) is 5.91 Å². The third kappa shape index (κ3) is 4.71. The van der Waals surface area contributed by atoms with Crippen molar-refractivity contribution >= 4 is 23.6 Å². The fourth-order valence-electron chi connectivity index (χ4n) is 5.33. The van der Waals surface area contributed by atoms with E-state index in [9.17, 15) is 9.59 Å².